The summed E-state index contributed by atoms with van der Waals surface area (Å²) in [5.74, 6) is 1.33. The van der Waals surface area contributed by atoms with E-state index in [9.17, 15) is 4.39 Å². The van der Waals surface area contributed by atoms with Crippen molar-refractivity contribution in [2.75, 3.05) is 19.6 Å². The summed E-state index contributed by atoms with van der Waals surface area (Å²) in [7, 11) is 0. The predicted molar refractivity (Wildman–Crippen MR) is 80.3 cm³/mol. The third-order valence-corrected chi connectivity index (χ3v) is 3.31. The smallest absolute Gasteiger partial charge is 0.134 e. The number of benzene rings is 1. The van der Waals surface area contributed by atoms with Crippen LogP contribution in [0.15, 0.2) is 22.6 Å². The van der Waals surface area contributed by atoms with Crippen LogP contribution in [0.1, 0.15) is 25.2 Å². The van der Waals surface area contributed by atoms with E-state index in [2.05, 4.69) is 24.5 Å². The minimum atomic E-state index is -0.223. The summed E-state index contributed by atoms with van der Waals surface area (Å²) < 4.78 is 19.0. The SMILES string of the molecule is Cc1c(CNCCNCC(C)C)oc2ccc(F)cc12. The summed E-state index contributed by atoms with van der Waals surface area (Å²) in [6.07, 6.45) is 0. The van der Waals surface area contributed by atoms with Crippen molar-refractivity contribution in [1.82, 2.24) is 10.6 Å². The number of nitrogens with one attached hydrogen (secondary N) is 2. The maximum Gasteiger partial charge on any atom is 0.134 e. The molecule has 1 aromatic carbocycles. The van der Waals surface area contributed by atoms with Crippen molar-refractivity contribution < 1.29 is 8.81 Å². The van der Waals surface area contributed by atoms with Crippen LogP contribution in [-0.2, 0) is 6.54 Å². The van der Waals surface area contributed by atoms with Gasteiger partial charge in [-0.3, -0.25) is 0 Å². The number of furan rings is 1. The monoisotopic (exact) mass is 278 g/mol. The lowest BCUT2D eigenvalue weighted by atomic mass is 10.1. The maximum absolute atomic E-state index is 13.2. The van der Waals surface area contributed by atoms with Gasteiger partial charge < -0.3 is 15.1 Å². The van der Waals surface area contributed by atoms with Gasteiger partial charge in [-0.1, -0.05) is 13.8 Å². The summed E-state index contributed by atoms with van der Waals surface area (Å²) >= 11 is 0. The van der Waals surface area contributed by atoms with E-state index in [-0.39, 0.29) is 5.82 Å². The summed E-state index contributed by atoms with van der Waals surface area (Å²) in [5, 5.41) is 7.58. The molecule has 0 unspecified atom stereocenters. The molecular formula is C16H23FN2O. The number of hydrogen-bond donors (Lipinski definition) is 2. The number of fused-ring (bicyclic) bond motifs is 1. The van der Waals surface area contributed by atoms with Crippen LogP contribution in [0.2, 0.25) is 0 Å². The molecule has 2 N–H and O–H groups in total. The highest BCUT2D eigenvalue weighted by Crippen LogP contribution is 2.25. The average molecular weight is 278 g/mol. The minimum Gasteiger partial charge on any atom is -0.459 e. The van der Waals surface area contributed by atoms with Gasteiger partial charge in [0.15, 0.2) is 0 Å². The number of aryl methyl sites for hydroxylation is 1. The van der Waals surface area contributed by atoms with Crippen molar-refractivity contribution in [3.8, 4) is 0 Å². The van der Waals surface area contributed by atoms with E-state index >= 15 is 0 Å². The van der Waals surface area contributed by atoms with Crippen LogP contribution in [0, 0.1) is 18.7 Å². The maximum atomic E-state index is 13.2. The first kappa shape index (κ1) is 15.0. The molecule has 2 rings (SSSR count). The van der Waals surface area contributed by atoms with E-state index in [4.69, 9.17) is 4.42 Å². The number of rotatable bonds is 7. The fourth-order valence-electron chi connectivity index (χ4n) is 2.18. The van der Waals surface area contributed by atoms with Gasteiger partial charge in [0, 0.05) is 18.5 Å². The Hall–Kier alpha value is -1.39. The lowest BCUT2D eigenvalue weighted by Gasteiger charge is -2.07. The van der Waals surface area contributed by atoms with Gasteiger partial charge in [0.1, 0.15) is 17.2 Å². The molecule has 0 fully saturated rings. The van der Waals surface area contributed by atoms with E-state index in [1.165, 1.54) is 12.1 Å². The first-order chi connectivity index (χ1) is 9.58. The highest BCUT2D eigenvalue weighted by atomic mass is 19.1. The first-order valence-corrected chi connectivity index (χ1v) is 7.17. The van der Waals surface area contributed by atoms with Crippen LogP contribution in [0.3, 0.4) is 0 Å². The highest BCUT2D eigenvalue weighted by molar-refractivity contribution is 5.82. The van der Waals surface area contributed by atoms with Gasteiger partial charge in [0.05, 0.1) is 6.54 Å². The predicted octanol–water partition coefficient (Wildman–Crippen LogP) is 3.22. The molecule has 2 aromatic rings. The zero-order valence-corrected chi connectivity index (χ0v) is 12.4. The van der Waals surface area contributed by atoms with Crippen molar-refractivity contribution in [2.45, 2.75) is 27.3 Å². The van der Waals surface area contributed by atoms with Crippen molar-refractivity contribution in [1.29, 1.82) is 0 Å². The molecule has 1 heterocycles. The Morgan fingerprint density at radius 3 is 2.70 bits per heavy atom. The van der Waals surface area contributed by atoms with E-state index < -0.39 is 0 Å². The van der Waals surface area contributed by atoms with Crippen LogP contribution in [-0.4, -0.2) is 19.6 Å². The number of halogens is 1. The van der Waals surface area contributed by atoms with Crippen molar-refractivity contribution in [3.05, 3.63) is 35.3 Å². The Kier molecular flexibility index (Phi) is 5.15. The Morgan fingerprint density at radius 1 is 1.20 bits per heavy atom. The van der Waals surface area contributed by atoms with Gasteiger partial charge in [-0.2, -0.15) is 0 Å². The van der Waals surface area contributed by atoms with Crippen LogP contribution >= 0.6 is 0 Å². The Labute approximate surface area is 119 Å². The zero-order valence-electron chi connectivity index (χ0n) is 12.4. The average Bonchev–Trinajstić information content (AvgIpc) is 2.70. The molecule has 0 saturated carbocycles. The Balaban J connectivity index is 1.86. The molecule has 0 spiro atoms. The summed E-state index contributed by atoms with van der Waals surface area (Å²) in [6.45, 7) is 9.88. The van der Waals surface area contributed by atoms with E-state index in [1.807, 2.05) is 6.92 Å². The third-order valence-electron chi connectivity index (χ3n) is 3.31. The first-order valence-electron chi connectivity index (χ1n) is 7.17. The largest absolute Gasteiger partial charge is 0.459 e. The van der Waals surface area contributed by atoms with Crippen LogP contribution in [0.4, 0.5) is 4.39 Å². The van der Waals surface area contributed by atoms with Gasteiger partial charge in [-0.25, -0.2) is 4.39 Å². The van der Waals surface area contributed by atoms with Gasteiger partial charge in [0.2, 0.25) is 0 Å². The third kappa shape index (κ3) is 3.81. The van der Waals surface area contributed by atoms with Gasteiger partial charge in [0.25, 0.3) is 0 Å². The second-order valence-electron chi connectivity index (χ2n) is 5.57. The van der Waals surface area contributed by atoms with Crippen LogP contribution < -0.4 is 10.6 Å². The van der Waals surface area contributed by atoms with Crippen molar-refractivity contribution in [2.24, 2.45) is 5.92 Å². The lowest BCUT2D eigenvalue weighted by molar-refractivity contribution is 0.494. The second-order valence-corrected chi connectivity index (χ2v) is 5.57. The molecule has 4 heteroatoms. The normalized spacial score (nSPS) is 11.7. The van der Waals surface area contributed by atoms with E-state index in [0.717, 1.165) is 41.9 Å². The van der Waals surface area contributed by atoms with Crippen LogP contribution in [0.25, 0.3) is 11.0 Å². The van der Waals surface area contributed by atoms with E-state index in [1.54, 1.807) is 6.07 Å². The standard InChI is InChI=1S/C16H23FN2O/c1-11(2)9-18-6-7-19-10-16-12(3)14-8-13(17)4-5-15(14)20-16/h4-5,8,11,18-19H,6-7,9-10H2,1-3H3. The molecule has 1 aromatic heterocycles. The topological polar surface area (TPSA) is 37.2 Å². The molecule has 0 aliphatic heterocycles. The fraction of sp³-hybridized carbons (Fsp3) is 0.500. The summed E-state index contributed by atoms with van der Waals surface area (Å²) in [4.78, 5) is 0. The Bertz CT molecular complexity index is 563. The second kappa shape index (κ2) is 6.86. The van der Waals surface area contributed by atoms with Crippen molar-refractivity contribution in [3.63, 3.8) is 0 Å². The molecule has 0 aliphatic carbocycles. The fourth-order valence-corrected chi connectivity index (χ4v) is 2.18. The molecule has 20 heavy (non-hydrogen) atoms. The zero-order chi connectivity index (χ0) is 14.5. The highest BCUT2D eigenvalue weighted by Gasteiger charge is 2.10. The summed E-state index contributed by atoms with van der Waals surface area (Å²) in [6, 6.07) is 4.64. The minimum absolute atomic E-state index is 0.223. The molecule has 0 bridgehead atoms. The lowest BCUT2D eigenvalue weighted by Crippen LogP contribution is -2.29. The Morgan fingerprint density at radius 2 is 1.95 bits per heavy atom. The van der Waals surface area contributed by atoms with E-state index in [0.29, 0.717) is 12.5 Å². The number of hydrogen-bond acceptors (Lipinski definition) is 3. The molecule has 0 saturated heterocycles. The quantitative estimate of drug-likeness (QED) is 0.764. The van der Waals surface area contributed by atoms with Gasteiger partial charge >= 0.3 is 0 Å². The van der Waals surface area contributed by atoms with Gasteiger partial charge in [-0.05, 0) is 43.1 Å². The van der Waals surface area contributed by atoms with Gasteiger partial charge in [-0.15, -0.1) is 0 Å². The molecule has 0 aliphatic rings. The summed E-state index contributed by atoms with van der Waals surface area (Å²) in [5.41, 5.74) is 1.76. The molecule has 3 nitrogen and oxygen atoms in total. The molecule has 0 radical (unpaired) electrons. The van der Waals surface area contributed by atoms with Crippen LogP contribution in [0.5, 0.6) is 0 Å². The molecule has 0 atom stereocenters. The molecule has 110 valence electrons. The molecule has 0 amide bonds. The van der Waals surface area contributed by atoms with Crippen molar-refractivity contribution >= 4 is 11.0 Å². The molecular weight excluding hydrogens is 255 g/mol.